The van der Waals surface area contributed by atoms with Crippen molar-refractivity contribution in [3.05, 3.63) is 17.5 Å². The number of hydrogen-bond donors (Lipinski definition) is 2. The van der Waals surface area contributed by atoms with Crippen LogP contribution in [0.4, 0.5) is 0 Å². The fourth-order valence-corrected chi connectivity index (χ4v) is 2.77. The lowest BCUT2D eigenvalue weighted by Crippen LogP contribution is -2.44. The molecule has 1 atom stereocenters. The lowest BCUT2D eigenvalue weighted by Gasteiger charge is -2.31. The second-order valence-electron chi connectivity index (χ2n) is 5.71. The van der Waals surface area contributed by atoms with Crippen molar-refractivity contribution < 1.29 is 0 Å². The van der Waals surface area contributed by atoms with Gasteiger partial charge >= 0.3 is 0 Å². The first-order chi connectivity index (χ1) is 8.68. The Labute approximate surface area is 110 Å². The summed E-state index contributed by atoms with van der Waals surface area (Å²) in [5, 5.41) is 10.6. The maximum atomic E-state index is 4.06. The molecule has 18 heavy (non-hydrogen) atoms. The average Bonchev–Trinajstić information content (AvgIpc) is 2.96. The summed E-state index contributed by atoms with van der Waals surface area (Å²) in [6.45, 7) is 11.3. The largest absolute Gasteiger partial charge is 0.311 e. The minimum atomic E-state index is 0.666. The lowest BCUT2D eigenvalue weighted by atomic mass is 10.0. The van der Waals surface area contributed by atoms with Gasteiger partial charge in [0, 0.05) is 30.4 Å². The topological polar surface area (TPSA) is 44.0 Å². The Morgan fingerprint density at radius 3 is 2.67 bits per heavy atom. The van der Waals surface area contributed by atoms with Crippen LogP contribution in [0.25, 0.3) is 0 Å². The molecule has 0 aromatic carbocycles. The van der Waals surface area contributed by atoms with E-state index < -0.39 is 0 Å². The fourth-order valence-electron chi connectivity index (χ4n) is 2.77. The molecule has 0 bridgehead atoms. The van der Waals surface area contributed by atoms with E-state index in [0.717, 1.165) is 13.1 Å². The van der Waals surface area contributed by atoms with E-state index in [9.17, 15) is 0 Å². The highest BCUT2D eigenvalue weighted by molar-refractivity contribution is 5.13. The van der Waals surface area contributed by atoms with E-state index in [1.807, 2.05) is 6.20 Å². The predicted octanol–water partition coefficient (Wildman–Crippen LogP) is 1.93. The van der Waals surface area contributed by atoms with Gasteiger partial charge in [-0.05, 0) is 38.8 Å². The van der Waals surface area contributed by atoms with Crippen molar-refractivity contribution in [3.8, 4) is 0 Å². The van der Waals surface area contributed by atoms with Crippen molar-refractivity contribution in [1.29, 1.82) is 0 Å². The Morgan fingerprint density at radius 1 is 1.39 bits per heavy atom. The summed E-state index contributed by atoms with van der Waals surface area (Å²) in [5.41, 5.74) is 2.45. The van der Waals surface area contributed by atoms with Crippen LogP contribution in [0.3, 0.4) is 0 Å². The summed E-state index contributed by atoms with van der Waals surface area (Å²) in [7, 11) is 0. The van der Waals surface area contributed by atoms with Crippen molar-refractivity contribution in [2.75, 3.05) is 19.6 Å². The van der Waals surface area contributed by atoms with Gasteiger partial charge in [0.05, 0.1) is 6.20 Å². The third-order valence-corrected chi connectivity index (χ3v) is 3.98. The van der Waals surface area contributed by atoms with E-state index >= 15 is 0 Å². The molecule has 2 N–H and O–H groups in total. The normalized spacial score (nSPS) is 18.7. The molecule has 0 radical (unpaired) electrons. The van der Waals surface area contributed by atoms with Crippen molar-refractivity contribution in [1.82, 2.24) is 20.4 Å². The molecule has 0 saturated carbocycles. The van der Waals surface area contributed by atoms with Gasteiger partial charge in [0.15, 0.2) is 0 Å². The number of nitrogens with zero attached hydrogens (tertiary/aromatic N) is 2. The summed E-state index contributed by atoms with van der Waals surface area (Å²) in [5.74, 6) is 0.709. The number of nitrogens with one attached hydrogen (secondary N) is 2. The zero-order valence-corrected chi connectivity index (χ0v) is 11.9. The molecular formula is C14H26N4. The first kappa shape index (κ1) is 13.6. The van der Waals surface area contributed by atoms with Crippen LogP contribution in [0.2, 0.25) is 0 Å². The van der Waals surface area contributed by atoms with Gasteiger partial charge in [0.1, 0.15) is 0 Å². The molecule has 0 amide bonds. The Balaban J connectivity index is 1.80. The smallest absolute Gasteiger partial charge is 0.0535 e. The SMILES string of the molecule is Cc1[nH]ncc1CNCC(C(C)C)N1CCCC1. The molecule has 1 saturated heterocycles. The quantitative estimate of drug-likeness (QED) is 0.811. The zero-order valence-electron chi connectivity index (χ0n) is 11.9. The monoisotopic (exact) mass is 250 g/mol. The van der Waals surface area contributed by atoms with Crippen LogP contribution in [0.15, 0.2) is 6.20 Å². The summed E-state index contributed by atoms with van der Waals surface area (Å²) in [6.07, 6.45) is 4.65. The molecule has 0 spiro atoms. The van der Waals surface area contributed by atoms with E-state index in [1.165, 1.54) is 37.2 Å². The first-order valence-electron chi connectivity index (χ1n) is 7.12. The number of H-pyrrole nitrogens is 1. The molecule has 102 valence electrons. The molecule has 2 rings (SSSR count). The highest BCUT2D eigenvalue weighted by Gasteiger charge is 2.23. The van der Waals surface area contributed by atoms with E-state index in [0.29, 0.717) is 12.0 Å². The molecule has 4 nitrogen and oxygen atoms in total. The summed E-state index contributed by atoms with van der Waals surface area (Å²) in [6, 6.07) is 0.666. The Bertz CT molecular complexity index is 352. The Morgan fingerprint density at radius 2 is 2.11 bits per heavy atom. The molecule has 2 heterocycles. The molecule has 1 aliphatic rings. The van der Waals surface area contributed by atoms with Crippen LogP contribution in [-0.2, 0) is 6.54 Å². The number of hydrogen-bond acceptors (Lipinski definition) is 3. The van der Waals surface area contributed by atoms with Crippen LogP contribution in [0.5, 0.6) is 0 Å². The first-order valence-corrected chi connectivity index (χ1v) is 7.12. The van der Waals surface area contributed by atoms with Crippen molar-refractivity contribution >= 4 is 0 Å². The van der Waals surface area contributed by atoms with Gasteiger partial charge < -0.3 is 5.32 Å². The maximum absolute atomic E-state index is 4.06. The van der Waals surface area contributed by atoms with Crippen molar-refractivity contribution in [3.63, 3.8) is 0 Å². The Hall–Kier alpha value is -0.870. The van der Waals surface area contributed by atoms with Gasteiger partial charge in [0.2, 0.25) is 0 Å². The number of rotatable bonds is 6. The van der Waals surface area contributed by atoms with Crippen molar-refractivity contribution in [2.45, 2.75) is 46.2 Å². The van der Waals surface area contributed by atoms with Gasteiger partial charge in [-0.3, -0.25) is 10.00 Å². The number of aryl methyl sites for hydroxylation is 1. The minimum absolute atomic E-state index is 0.666. The molecule has 1 unspecified atom stereocenters. The van der Waals surface area contributed by atoms with Gasteiger partial charge in [-0.2, -0.15) is 5.10 Å². The third kappa shape index (κ3) is 3.33. The van der Waals surface area contributed by atoms with Crippen LogP contribution in [0.1, 0.15) is 37.9 Å². The van der Waals surface area contributed by atoms with Gasteiger partial charge in [0.25, 0.3) is 0 Å². The van der Waals surface area contributed by atoms with E-state index in [-0.39, 0.29) is 0 Å². The van der Waals surface area contributed by atoms with Gasteiger partial charge in [-0.25, -0.2) is 0 Å². The molecule has 1 fully saturated rings. The summed E-state index contributed by atoms with van der Waals surface area (Å²) >= 11 is 0. The summed E-state index contributed by atoms with van der Waals surface area (Å²) in [4.78, 5) is 2.64. The zero-order chi connectivity index (χ0) is 13.0. The lowest BCUT2D eigenvalue weighted by molar-refractivity contribution is 0.186. The molecule has 1 aliphatic heterocycles. The van der Waals surface area contributed by atoms with Crippen LogP contribution < -0.4 is 5.32 Å². The van der Waals surface area contributed by atoms with E-state index in [2.05, 4.69) is 41.2 Å². The molecule has 1 aromatic rings. The van der Waals surface area contributed by atoms with Crippen molar-refractivity contribution in [2.24, 2.45) is 5.92 Å². The highest BCUT2D eigenvalue weighted by Crippen LogP contribution is 2.17. The number of likely N-dealkylation sites (tertiary alicyclic amines) is 1. The van der Waals surface area contributed by atoms with Crippen LogP contribution in [0, 0.1) is 12.8 Å². The fraction of sp³-hybridized carbons (Fsp3) is 0.786. The molecule has 4 heteroatoms. The molecule has 1 aromatic heterocycles. The Kier molecular flexibility index (Phi) is 4.78. The summed E-state index contributed by atoms with van der Waals surface area (Å²) < 4.78 is 0. The highest BCUT2D eigenvalue weighted by atomic mass is 15.2. The minimum Gasteiger partial charge on any atom is -0.311 e. The number of aromatic nitrogens is 2. The van der Waals surface area contributed by atoms with Gasteiger partial charge in [-0.15, -0.1) is 0 Å². The maximum Gasteiger partial charge on any atom is 0.0535 e. The van der Waals surface area contributed by atoms with Crippen LogP contribution >= 0.6 is 0 Å². The average molecular weight is 250 g/mol. The van der Waals surface area contributed by atoms with Crippen LogP contribution in [-0.4, -0.2) is 40.8 Å². The second-order valence-corrected chi connectivity index (χ2v) is 5.71. The predicted molar refractivity (Wildman–Crippen MR) is 74.5 cm³/mol. The number of aromatic amines is 1. The van der Waals surface area contributed by atoms with Gasteiger partial charge in [-0.1, -0.05) is 13.8 Å². The third-order valence-electron chi connectivity index (χ3n) is 3.98. The molecular weight excluding hydrogens is 224 g/mol. The molecule has 0 aliphatic carbocycles. The van der Waals surface area contributed by atoms with E-state index in [4.69, 9.17) is 0 Å². The standard InChI is InChI=1S/C14H26N4/c1-11(2)14(18-6-4-5-7-18)10-15-8-13-9-16-17-12(13)3/h9,11,14-15H,4-8,10H2,1-3H3,(H,16,17). The van der Waals surface area contributed by atoms with E-state index in [1.54, 1.807) is 0 Å². The second kappa shape index (κ2) is 6.34.